The predicted molar refractivity (Wildman–Crippen MR) is 70.7 cm³/mol. The van der Waals surface area contributed by atoms with E-state index in [-0.39, 0.29) is 23.6 Å². The number of aromatic nitrogens is 1. The Morgan fingerprint density at radius 2 is 2.15 bits per heavy atom. The van der Waals surface area contributed by atoms with Crippen molar-refractivity contribution in [2.45, 2.75) is 19.9 Å². The van der Waals surface area contributed by atoms with Gasteiger partial charge in [0.15, 0.2) is 5.58 Å². The van der Waals surface area contributed by atoms with E-state index in [4.69, 9.17) is 9.52 Å². The molecule has 0 bridgehead atoms. The third-order valence-corrected chi connectivity index (χ3v) is 2.79. The van der Waals surface area contributed by atoms with Gasteiger partial charge in [-0.15, -0.1) is 0 Å². The number of carboxylic acids is 1. The molecule has 0 saturated heterocycles. The first-order valence-corrected chi connectivity index (χ1v) is 6.16. The monoisotopic (exact) mass is 278 g/mol. The summed E-state index contributed by atoms with van der Waals surface area (Å²) in [6.07, 6.45) is 0.800. The molecule has 106 valence electrons. The Balaban J connectivity index is 2.34. The third kappa shape index (κ3) is 2.71. The van der Waals surface area contributed by atoms with Gasteiger partial charge in [0.1, 0.15) is 6.54 Å². The number of carbonyl (C=O) groups excluding carboxylic acids is 1. The molecule has 0 fully saturated rings. The molecule has 2 rings (SSSR count). The molecule has 2 N–H and O–H groups in total. The van der Waals surface area contributed by atoms with Gasteiger partial charge in [-0.1, -0.05) is 6.92 Å². The fourth-order valence-electron chi connectivity index (χ4n) is 1.81. The lowest BCUT2D eigenvalue weighted by Gasteiger charge is -2.03. The molecule has 0 saturated carbocycles. The fourth-order valence-corrected chi connectivity index (χ4v) is 1.81. The van der Waals surface area contributed by atoms with Gasteiger partial charge in [-0.25, -0.2) is 9.59 Å². The normalized spacial score (nSPS) is 10.7. The number of carbonyl (C=O) groups is 2. The van der Waals surface area contributed by atoms with E-state index in [2.05, 4.69) is 5.32 Å². The van der Waals surface area contributed by atoms with Crippen molar-refractivity contribution >= 4 is 23.0 Å². The second-order valence-corrected chi connectivity index (χ2v) is 4.29. The van der Waals surface area contributed by atoms with Gasteiger partial charge in [-0.05, 0) is 24.6 Å². The summed E-state index contributed by atoms with van der Waals surface area (Å²) in [5.41, 5.74) is 0.568. The molecule has 7 heteroatoms. The second-order valence-electron chi connectivity index (χ2n) is 4.29. The smallest absolute Gasteiger partial charge is 0.420 e. The fraction of sp³-hybridized carbons (Fsp3) is 0.308. The van der Waals surface area contributed by atoms with Crippen molar-refractivity contribution in [3.63, 3.8) is 0 Å². The Hall–Kier alpha value is -2.57. The SMILES string of the molecule is CCCNC(=O)Cn1c(=O)oc2cc(C(=O)O)ccc21. The molecule has 0 aliphatic carbocycles. The summed E-state index contributed by atoms with van der Waals surface area (Å²) in [6.45, 7) is 2.30. The van der Waals surface area contributed by atoms with Crippen LogP contribution in [0.2, 0.25) is 0 Å². The number of fused-ring (bicyclic) bond motifs is 1. The van der Waals surface area contributed by atoms with Crippen LogP contribution in [0.5, 0.6) is 0 Å². The number of nitrogens with one attached hydrogen (secondary N) is 1. The molecule has 1 amide bonds. The topological polar surface area (TPSA) is 102 Å². The Bertz CT molecular complexity index is 713. The van der Waals surface area contributed by atoms with Crippen LogP contribution in [-0.4, -0.2) is 28.1 Å². The van der Waals surface area contributed by atoms with Gasteiger partial charge >= 0.3 is 11.7 Å². The van der Waals surface area contributed by atoms with E-state index >= 15 is 0 Å². The highest BCUT2D eigenvalue weighted by Gasteiger charge is 2.14. The average molecular weight is 278 g/mol. The molecule has 1 aromatic carbocycles. The first kappa shape index (κ1) is 13.9. The number of nitrogens with zero attached hydrogens (tertiary/aromatic N) is 1. The maximum atomic E-state index is 11.7. The quantitative estimate of drug-likeness (QED) is 0.843. The molecular formula is C13H14N2O5. The minimum atomic E-state index is -1.11. The summed E-state index contributed by atoms with van der Waals surface area (Å²) < 4.78 is 6.13. The first-order chi connectivity index (χ1) is 9.52. The van der Waals surface area contributed by atoms with Crippen molar-refractivity contribution in [1.82, 2.24) is 9.88 Å². The lowest BCUT2D eigenvalue weighted by atomic mass is 10.2. The van der Waals surface area contributed by atoms with Crippen LogP contribution in [0.1, 0.15) is 23.7 Å². The number of hydrogen-bond donors (Lipinski definition) is 2. The van der Waals surface area contributed by atoms with E-state index in [1.165, 1.54) is 22.8 Å². The molecule has 0 radical (unpaired) electrons. The highest BCUT2D eigenvalue weighted by Crippen LogP contribution is 2.15. The molecule has 20 heavy (non-hydrogen) atoms. The zero-order valence-electron chi connectivity index (χ0n) is 10.9. The van der Waals surface area contributed by atoms with E-state index in [9.17, 15) is 14.4 Å². The van der Waals surface area contributed by atoms with E-state index in [0.717, 1.165) is 6.42 Å². The number of benzene rings is 1. The number of rotatable bonds is 5. The zero-order valence-corrected chi connectivity index (χ0v) is 10.9. The molecule has 7 nitrogen and oxygen atoms in total. The number of amides is 1. The molecule has 0 aliphatic rings. The summed E-state index contributed by atoms with van der Waals surface area (Å²) in [7, 11) is 0. The maximum Gasteiger partial charge on any atom is 0.420 e. The highest BCUT2D eigenvalue weighted by molar-refractivity contribution is 5.92. The molecular weight excluding hydrogens is 264 g/mol. The second kappa shape index (κ2) is 5.60. The van der Waals surface area contributed by atoms with Crippen LogP contribution < -0.4 is 11.1 Å². The van der Waals surface area contributed by atoms with Gasteiger partial charge in [-0.2, -0.15) is 0 Å². The van der Waals surface area contributed by atoms with Crippen LogP contribution in [-0.2, 0) is 11.3 Å². The molecule has 0 aliphatic heterocycles. The third-order valence-electron chi connectivity index (χ3n) is 2.79. The molecule has 0 spiro atoms. The first-order valence-electron chi connectivity index (χ1n) is 6.16. The molecule has 0 unspecified atom stereocenters. The van der Waals surface area contributed by atoms with E-state index in [1.807, 2.05) is 6.92 Å². The van der Waals surface area contributed by atoms with Crippen molar-refractivity contribution in [1.29, 1.82) is 0 Å². The standard InChI is InChI=1S/C13H14N2O5/c1-2-5-14-11(16)7-15-9-4-3-8(12(17)18)6-10(9)20-13(15)19/h3-4,6H,2,5,7H2,1H3,(H,14,16)(H,17,18). The summed E-state index contributed by atoms with van der Waals surface area (Å²) in [4.78, 5) is 34.2. The Labute approximate surface area is 113 Å². The van der Waals surface area contributed by atoms with Crippen LogP contribution >= 0.6 is 0 Å². The minimum absolute atomic E-state index is 0.0221. The van der Waals surface area contributed by atoms with Gasteiger partial charge in [-0.3, -0.25) is 9.36 Å². The number of oxazole rings is 1. The Kier molecular flexibility index (Phi) is 3.88. The molecule has 1 heterocycles. The van der Waals surface area contributed by atoms with Crippen molar-refractivity contribution in [2.24, 2.45) is 0 Å². The summed E-state index contributed by atoms with van der Waals surface area (Å²) >= 11 is 0. The van der Waals surface area contributed by atoms with Crippen molar-refractivity contribution in [3.8, 4) is 0 Å². The van der Waals surface area contributed by atoms with E-state index in [0.29, 0.717) is 12.1 Å². The minimum Gasteiger partial charge on any atom is -0.478 e. The van der Waals surface area contributed by atoms with E-state index < -0.39 is 11.7 Å². The Morgan fingerprint density at radius 1 is 1.40 bits per heavy atom. The number of carboxylic acid groups (broad SMARTS) is 1. The summed E-state index contributed by atoms with van der Waals surface area (Å²) in [6, 6.07) is 4.08. The molecule has 0 atom stereocenters. The van der Waals surface area contributed by atoms with Crippen molar-refractivity contribution in [2.75, 3.05) is 6.54 Å². The van der Waals surface area contributed by atoms with Crippen LogP contribution in [0.15, 0.2) is 27.4 Å². The van der Waals surface area contributed by atoms with Gasteiger partial charge in [0.05, 0.1) is 11.1 Å². The van der Waals surface area contributed by atoms with Crippen molar-refractivity contribution in [3.05, 3.63) is 34.3 Å². The van der Waals surface area contributed by atoms with Gasteiger partial charge in [0.25, 0.3) is 0 Å². The lowest BCUT2D eigenvalue weighted by molar-refractivity contribution is -0.121. The van der Waals surface area contributed by atoms with Gasteiger partial charge in [0, 0.05) is 6.54 Å². The zero-order chi connectivity index (χ0) is 14.7. The van der Waals surface area contributed by atoms with Gasteiger partial charge in [0.2, 0.25) is 5.91 Å². The van der Waals surface area contributed by atoms with E-state index in [1.54, 1.807) is 0 Å². The number of aromatic carboxylic acids is 1. The highest BCUT2D eigenvalue weighted by atomic mass is 16.4. The summed E-state index contributed by atoms with van der Waals surface area (Å²) in [5.74, 6) is -2.09. The summed E-state index contributed by atoms with van der Waals surface area (Å²) in [5, 5.41) is 11.5. The van der Waals surface area contributed by atoms with Crippen molar-refractivity contribution < 1.29 is 19.1 Å². The lowest BCUT2D eigenvalue weighted by Crippen LogP contribution is -2.31. The largest absolute Gasteiger partial charge is 0.478 e. The van der Waals surface area contributed by atoms with Crippen LogP contribution in [0.3, 0.4) is 0 Å². The maximum absolute atomic E-state index is 11.7. The number of hydrogen-bond acceptors (Lipinski definition) is 4. The molecule has 2 aromatic rings. The Morgan fingerprint density at radius 3 is 2.80 bits per heavy atom. The average Bonchev–Trinajstić information content (AvgIpc) is 2.72. The van der Waals surface area contributed by atoms with Gasteiger partial charge < -0.3 is 14.8 Å². The van der Waals surface area contributed by atoms with Crippen LogP contribution in [0, 0.1) is 0 Å². The van der Waals surface area contributed by atoms with Crippen LogP contribution in [0.4, 0.5) is 0 Å². The molecule has 1 aromatic heterocycles. The predicted octanol–water partition coefficient (Wildman–Crippen LogP) is 0.819. The van der Waals surface area contributed by atoms with Crippen LogP contribution in [0.25, 0.3) is 11.1 Å².